The lowest BCUT2D eigenvalue weighted by Crippen LogP contribution is -2.46. The first-order chi connectivity index (χ1) is 13.9. The fourth-order valence-electron chi connectivity index (χ4n) is 2.04. The van der Waals surface area contributed by atoms with Gasteiger partial charge in [0.1, 0.15) is 0 Å². The Kier molecular flexibility index (Phi) is 13.2. The molecule has 2 unspecified atom stereocenters. The number of nitrogens with one attached hydrogen (secondary N) is 4. The molecule has 0 bridgehead atoms. The fraction of sp³-hybridized carbons (Fsp3) is 0.867. The molecule has 0 aliphatic rings. The van der Waals surface area contributed by atoms with Gasteiger partial charge < -0.3 is 31.1 Å². The molecule has 0 radical (unpaired) electrons. The van der Waals surface area contributed by atoms with E-state index in [0.29, 0.717) is 42.8 Å². The van der Waals surface area contributed by atoms with Crippen molar-refractivity contribution in [1.82, 2.24) is 21.3 Å². The molecule has 12 nitrogen and oxygen atoms in total. The van der Waals surface area contributed by atoms with Crippen LogP contribution < -0.4 is 32.3 Å². The molecule has 0 spiro atoms. The van der Waals surface area contributed by atoms with Gasteiger partial charge in [-0.1, -0.05) is 27.7 Å². The highest BCUT2D eigenvalue weighted by atomic mass is 32.1. The van der Waals surface area contributed by atoms with Gasteiger partial charge >= 0.3 is 15.5 Å². The highest BCUT2D eigenvalue weighted by Gasteiger charge is 2.23. The summed E-state index contributed by atoms with van der Waals surface area (Å²) in [6.07, 6.45) is 1.27. The molecule has 31 heavy (non-hydrogen) atoms. The minimum atomic E-state index is -3.98. The van der Waals surface area contributed by atoms with Gasteiger partial charge in [-0.15, -0.1) is 0 Å². The van der Waals surface area contributed by atoms with Crippen LogP contribution in [0.15, 0.2) is 0 Å². The fourth-order valence-corrected chi connectivity index (χ4v) is 3.45. The lowest BCUT2D eigenvalue weighted by Gasteiger charge is -2.25. The van der Waals surface area contributed by atoms with E-state index in [2.05, 4.69) is 21.3 Å². The maximum Gasteiger partial charge on any atom is 0.400 e. The van der Waals surface area contributed by atoms with Gasteiger partial charge in [0.05, 0.1) is 19.9 Å². The van der Waals surface area contributed by atoms with Crippen LogP contribution in [0.2, 0.25) is 0 Å². The quantitative estimate of drug-likeness (QED) is 0.0909. The van der Waals surface area contributed by atoms with E-state index in [1.54, 1.807) is 0 Å². The number of hydrogen-bond acceptors (Lipinski definition) is 6. The molecule has 10 N–H and O–H groups in total. The maximum atomic E-state index is 11.0. The summed E-state index contributed by atoms with van der Waals surface area (Å²) in [6, 6.07) is 0. The largest absolute Gasteiger partial charge is 0.400 e. The Morgan fingerprint density at radius 2 is 1.13 bits per heavy atom. The summed E-state index contributed by atoms with van der Waals surface area (Å²) in [4.78, 5) is 18.0. The second-order valence-corrected chi connectivity index (χ2v) is 12.1. The van der Waals surface area contributed by atoms with Crippen molar-refractivity contribution in [1.29, 1.82) is 0 Å². The van der Waals surface area contributed by atoms with Crippen LogP contribution in [0.5, 0.6) is 0 Å². The number of thiocarbonyl (C=S) groups is 2. The molecule has 0 fully saturated rings. The molecule has 0 aliphatic heterocycles. The molecule has 0 aromatic carbocycles. The van der Waals surface area contributed by atoms with Crippen molar-refractivity contribution in [2.75, 3.05) is 33.0 Å². The van der Waals surface area contributed by atoms with Crippen LogP contribution in [0, 0.1) is 10.8 Å². The van der Waals surface area contributed by atoms with E-state index >= 15 is 0 Å². The van der Waals surface area contributed by atoms with Crippen molar-refractivity contribution in [3.05, 3.63) is 0 Å². The average Bonchev–Trinajstić information content (AvgIpc) is 2.57. The smallest absolute Gasteiger partial charge is 0.363 e. The van der Waals surface area contributed by atoms with Gasteiger partial charge in [0, 0.05) is 13.1 Å². The normalized spacial score (nSPS) is 16.0. The average molecular weight is 523 g/mol. The highest BCUT2D eigenvalue weighted by molar-refractivity contribution is 7.80. The predicted molar refractivity (Wildman–Crippen MR) is 129 cm³/mol. The molecular formula is C15H36N6O6P2S2. The first kappa shape index (κ1) is 30.6. The van der Waals surface area contributed by atoms with Crippen molar-refractivity contribution in [2.45, 2.75) is 40.5 Å². The predicted octanol–water partition coefficient (Wildman–Crippen LogP) is 0.856. The Hall–Kier alpha value is -0.400. The Balaban J connectivity index is 3.95. The summed E-state index contributed by atoms with van der Waals surface area (Å²) in [6.45, 7) is 9.02. The van der Waals surface area contributed by atoms with Crippen LogP contribution >= 0.6 is 39.9 Å². The van der Waals surface area contributed by atoms with Crippen LogP contribution in [-0.4, -0.2) is 53.0 Å². The monoisotopic (exact) mass is 522 g/mol. The summed E-state index contributed by atoms with van der Waals surface area (Å²) < 4.78 is 31.6. The molecule has 0 aromatic heterocycles. The van der Waals surface area contributed by atoms with Crippen LogP contribution in [0.25, 0.3) is 0 Å². The van der Waals surface area contributed by atoms with Crippen molar-refractivity contribution in [2.24, 2.45) is 21.8 Å². The van der Waals surface area contributed by atoms with E-state index in [-0.39, 0.29) is 24.0 Å². The minimum Gasteiger partial charge on any atom is -0.363 e. The van der Waals surface area contributed by atoms with Crippen LogP contribution in [0.3, 0.4) is 0 Å². The Morgan fingerprint density at radius 3 is 1.42 bits per heavy atom. The first-order valence-electron chi connectivity index (χ1n) is 9.46. The van der Waals surface area contributed by atoms with Gasteiger partial charge in [0.15, 0.2) is 10.2 Å². The third-order valence-corrected chi connectivity index (χ3v) is 5.53. The first-order valence-corrected chi connectivity index (χ1v) is 13.6. The zero-order chi connectivity index (χ0) is 24.3. The van der Waals surface area contributed by atoms with Gasteiger partial charge in [-0.05, 0) is 48.1 Å². The SMILES string of the molecule is CC(C)(CCNC(=S)NCNC(=S)NCCC(C)(C)COP(N)(=O)O)COP(N)(=O)O. The topological polar surface area (TPSA) is 193 Å². The Bertz CT molecular complexity index is 629. The molecule has 0 aromatic rings. The Morgan fingerprint density at radius 1 is 0.806 bits per heavy atom. The van der Waals surface area contributed by atoms with Crippen molar-refractivity contribution < 1.29 is 28.0 Å². The molecule has 184 valence electrons. The molecule has 0 heterocycles. The zero-order valence-corrected chi connectivity index (χ0v) is 21.8. The van der Waals surface area contributed by atoms with Gasteiger partial charge in [-0.3, -0.25) is 9.05 Å². The van der Waals surface area contributed by atoms with Crippen LogP contribution in [0.1, 0.15) is 40.5 Å². The van der Waals surface area contributed by atoms with Crippen molar-refractivity contribution in [3.63, 3.8) is 0 Å². The summed E-state index contributed by atoms with van der Waals surface area (Å²) in [5, 5.41) is 12.8. The van der Waals surface area contributed by atoms with Crippen molar-refractivity contribution >= 4 is 50.2 Å². The second kappa shape index (κ2) is 13.3. The van der Waals surface area contributed by atoms with Gasteiger partial charge in [-0.2, -0.15) is 0 Å². The van der Waals surface area contributed by atoms with E-state index in [4.69, 9.17) is 54.3 Å². The molecular weight excluding hydrogens is 486 g/mol. The summed E-state index contributed by atoms with van der Waals surface area (Å²) in [5.74, 6) is 0. The van der Waals surface area contributed by atoms with Crippen LogP contribution in [-0.2, 0) is 18.2 Å². The van der Waals surface area contributed by atoms with E-state index in [1.807, 2.05) is 27.7 Å². The highest BCUT2D eigenvalue weighted by Crippen LogP contribution is 2.35. The summed E-state index contributed by atoms with van der Waals surface area (Å²) >= 11 is 10.4. The minimum absolute atomic E-state index is 0.0507. The number of nitrogens with two attached hydrogens (primary N) is 2. The van der Waals surface area contributed by atoms with Crippen LogP contribution in [0.4, 0.5) is 0 Å². The second-order valence-electron chi connectivity index (χ2n) is 8.55. The molecule has 16 heteroatoms. The number of rotatable bonds is 14. The third kappa shape index (κ3) is 20.0. The molecule has 0 amide bonds. The molecule has 0 saturated heterocycles. The molecule has 0 aliphatic carbocycles. The lowest BCUT2D eigenvalue weighted by atomic mass is 9.91. The molecule has 2 atom stereocenters. The summed E-state index contributed by atoms with van der Waals surface area (Å²) in [5.41, 5.74) is 9.22. The molecule has 0 rings (SSSR count). The van der Waals surface area contributed by atoms with Gasteiger partial charge in [-0.25, -0.2) is 20.1 Å². The van der Waals surface area contributed by atoms with E-state index in [0.717, 1.165) is 0 Å². The van der Waals surface area contributed by atoms with Crippen molar-refractivity contribution in [3.8, 4) is 0 Å². The van der Waals surface area contributed by atoms with E-state index in [1.165, 1.54) is 0 Å². The standard InChI is InChI=1S/C15H36N6O6P2S2/c1-14(2,9-26-28(16,22)23)5-7-18-12(30)20-11-21-13(31)19-8-6-15(3,4)10-27-29(17,24)25/h5-11H2,1-4H3,(H3,16,22,23)(H3,17,24,25)(H2,18,20,30)(H2,19,21,31). The Labute approximate surface area is 194 Å². The lowest BCUT2D eigenvalue weighted by molar-refractivity contribution is 0.153. The summed E-state index contributed by atoms with van der Waals surface area (Å²) in [7, 11) is -7.97. The van der Waals surface area contributed by atoms with E-state index < -0.39 is 15.5 Å². The van der Waals surface area contributed by atoms with Gasteiger partial charge in [0.25, 0.3) is 0 Å². The number of hydrogen-bond donors (Lipinski definition) is 8. The third-order valence-electron chi connectivity index (χ3n) is 3.95. The zero-order valence-electron chi connectivity index (χ0n) is 18.3. The maximum absolute atomic E-state index is 11.0. The molecule has 0 saturated carbocycles. The van der Waals surface area contributed by atoms with E-state index in [9.17, 15) is 9.13 Å². The van der Waals surface area contributed by atoms with Gasteiger partial charge in [0.2, 0.25) is 0 Å².